The molecule has 2 heterocycles. The van der Waals surface area contributed by atoms with Crippen LogP contribution in [0.15, 0.2) is 12.3 Å². The first-order chi connectivity index (χ1) is 8.02. The second kappa shape index (κ2) is 4.47. The van der Waals surface area contributed by atoms with Gasteiger partial charge in [-0.2, -0.15) is 5.10 Å². The molecule has 90 valence electrons. The number of nitrogens with zero attached hydrogens (tertiary/aromatic N) is 3. The molecule has 0 aliphatic rings. The Labute approximate surface area is 105 Å². The minimum Gasteiger partial charge on any atom is -0.326 e. The summed E-state index contributed by atoms with van der Waals surface area (Å²) < 4.78 is 1.69. The lowest BCUT2D eigenvalue weighted by Gasteiger charge is -2.11. The Morgan fingerprint density at radius 2 is 2.06 bits per heavy atom. The van der Waals surface area contributed by atoms with Crippen LogP contribution in [0.2, 0.25) is 5.02 Å². The zero-order chi connectivity index (χ0) is 12.6. The first-order valence-corrected chi connectivity index (χ1v) is 5.80. The fourth-order valence-corrected chi connectivity index (χ4v) is 1.96. The van der Waals surface area contributed by atoms with E-state index in [1.165, 1.54) is 0 Å². The molecule has 17 heavy (non-hydrogen) atoms. The molecule has 0 unspecified atom stereocenters. The largest absolute Gasteiger partial charge is 0.326 e. The van der Waals surface area contributed by atoms with Crippen LogP contribution in [0.4, 0.5) is 0 Å². The number of rotatable bonds is 2. The molecule has 2 N–H and O–H groups in total. The van der Waals surface area contributed by atoms with Crippen molar-refractivity contribution in [3.8, 4) is 5.82 Å². The van der Waals surface area contributed by atoms with Gasteiger partial charge in [0.25, 0.3) is 0 Å². The SMILES string of the molecule is Cc1cc(C)c(CN)c(-n2cc(Cl)c(C)n2)n1. The highest BCUT2D eigenvalue weighted by Gasteiger charge is 2.12. The third kappa shape index (κ3) is 2.18. The Balaban J connectivity index is 2.65. The Hall–Kier alpha value is -1.39. The molecule has 2 rings (SSSR count). The first-order valence-electron chi connectivity index (χ1n) is 5.42. The molecule has 0 fully saturated rings. The van der Waals surface area contributed by atoms with E-state index in [-0.39, 0.29) is 0 Å². The molecule has 2 aromatic heterocycles. The second-order valence-electron chi connectivity index (χ2n) is 4.09. The quantitative estimate of drug-likeness (QED) is 0.890. The Kier molecular flexibility index (Phi) is 3.17. The van der Waals surface area contributed by atoms with E-state index < -0.39 is 0 Å². The fraction of sp³-hybridized carbons (Fsp3) is 0.333. The minimum absolute atomic E-state index is 0.435. The maximum atomic E-state index is 6.01. The molecule has 0 aliphatic carbocycles. The number of aromatic nitrogens is 3. The monoisotopic (exact) mass is 250 g/mol. The van der Waals surface area contributed by atoms with Crippen LogP contribution in [-0.4, -0.2) is 14.8 Å². The topological polar surface area (TPSA) is 56.7 Å². The highest BCUT2D eigenvalue weighted by Crippen LogP contribution is 2.20. The van der Waals surface area contributed by atoms with E-state index in [2.05, 4.69) is 10.1 Å². The average Bonchev–Trinajstić information content (AvgIpc) is 2.58. The molecule has 0 amide bonds. The molecule has 0 radical (unpaired) electrons. The van der Waals surface area contributed by atoms with Gasteiger partial charge in [-0.3, -0.25) is 0 Å². The van der Waals surface area contributed by atoms with Gasteiger partial charge in [0.15, 0.2) is 5.82 Å². The lowest BCUT2D eigenvalue weighted by molar-refractivity contribution is 0.802. The standard InChI is InChI=1S/C12H15ClN4/c1-7-4-8(2)15-12(10(7)5-14)17-6-11(13)9(3)16-17/h4,6H,5,14H2,1-3H3. The van der Waals surface area contributed by atoms with Crippen molar-refractivity contribution in [1.82, 2.24) is 14.8 Å². The second-order valence-corrected chi connectivity index (χ2v) is 4.50. The van der Waals surface area contributed by atoms with Crippen molar-refractivity contribution in [2.24, 2.45) is 5.73 Å². The molecule has 4 nitrogen and oxygen atoms in total. The maximum Gasteiger partial charge on any atom is 0.158 e. The van der Waals surface area contributed by atoms with E-state index in [0.29, 0.717) is 11.6 Å². The van der Waals surface area contributed by atoms with Crippen molar-refractivity contribution in [2.45, 2.75) is 27.3 Å². The Morgan fingerprint density at radius 3 is 2.59 bits per heavy atom. The summed E-state index contributed by atoms with van der Waals surface area (Å²) >= 11 is 6.01. The zero-order valence-electron chi connectivity index (χ0n) is 10.2. The van der Waals surface area contributed by atoms with E-state index >= 15 is 0 Å². The summed E-state index contributed by atoms with van der Waals surface area (Å²) in [6.07, 6.45) is 1.76. The summed E-state index contributed by atoms with van der Waals surface area (Å²) in [4.78, 5) is 4.49. The smallest absolute Gasteiger partial charge is 0.158 e. The zero-order valence-corrected chi connectivity index (χ0v) is 10.9. The molecule has 0 bridgehead atoms. The van der Waals surface area contributed by atoms with Crippen molar-refractivity contribution >= 4 is 11.6 Å². The number of halogens is 1. The lowest BCUT2D eigenvalue weighted by atomic mass is 10.1. The number of pyridine rings is 1. The highest BCUT2D eigenvalue weighted by molar-refractivity contribution is 6.31. The van der Waals surface area contributed by atoms with Gasteiger partial charge in [0, 0.05) is 17.8 Å². The van der Waals surface area contributed by atoms with Crippen LogP contribution in [0, 0.1) is 20.8 Å². The van der Waals surface area contributed by atoms with Gasteiger partial charge in [-0.25, -0.2) is 9.67 Å². The summed E-state index contributed by atoms with van der Waals surface area (Å²) in [5, 5.41) is 4.97. The van der Waals surface area contributed by atoms with E-state index in [4.69, 9.17) is 17.3 Å². The summed E-state index contributed by atoms with van der Waals surface area (Å²) in [6.45, 7) is 6.28. The number of hydrogen-bond acceptors (Lipinski definition) is 3. The molecule has 0 aromatic carbocycles. The number of nitrogens with two attached hydrogens (primary N) is 1. The third-order valence-corrected chi connectivity index (χ3v) is 3.08. The third-order valence-electron chi connectivity index (χ3n) is 2.71. The summed E-state index contributed by atoms with van der Waals surface area (Å²) in [7, 11) is 0. The van der Waals surface area contributed by atoms with Gasteiger partial charge >= 0.3 is 0 Å². The van der Waals surface area contributed by atoms with Crippen LogP contribution in [0.5, 0.6) is 0 Å². The number of hydrogen-bond donors (Lipinski definition) is 1. The van der Waals surface area contributed by atoms with Gasteiger partial charge < -0.3 is 5.73 Å². The van der Waals surface area contributed by atoms with Crippen molar-refractivity contribution < 1.29 is 0 Å². The molecular formula is C12H15ClN4. The normalized spacial score (nSPS) is 10.9. The Bertz CT molecular complexity index is 540. The predicted molar refractivity (Wildman–Crippen MR) is 68.5 cm³/mol. The van der Waals surface area contributed by atoms with Crippen LogP contribution in [-0.2, 0) is 6.54 Å². The predicted octanol–water partition coefficient (Wildman–Crippen LogP) is 2.30. The van der Waals surface area contributed by atoms with Crippen LogP contribution in [0.3, 0.4) is 0 Å². The summed E-state index contributed by atoms with van der Waals surface area (Å²) in [6, 6.07) is 2.02. The van der Waals surface area contributed by atoms with E-state index in [9.17, 15) is 0 Å². The van der Waals surface area contributed by atoms with Gasteiger partial charge in [0.2, 0.25) is 0 Å². The van der Waals surface area contributed by atoms with Crippen molar-refractivity contribution in [1.29, 1.82) is 0 Å². The minimum atomic E-state index is 0.435. The molecule has 0 saturated carbocycles. The molecule has 5 heteroatoms. The number of aryl methyl sites for hydroxylation is 3. The fourth-order valence-electron chi connectivity index (χ4n) is 1.83. The highest BCUT2D eigenvalue weighted by atomic mass is 35.5. The van der Waals surface area contributed by atoms with E-state index in [0.717, 1.165) is 28.3 Å². The van der Waals surface area contributed by atoms with Crippen LogP contribution in [0.25, 0.3) is 5.82 Å². The average molecular weight is 251 g/mol. The van der Waals surface area contributed by atoms with Crippen LogP contribution in [0.1, 0.15) is 22.5 Å². The van der Waals surface area contributed by atoms with E-state index in [1.54, 1.807) is 10.9 Å². The van der Waals surface area contributed by atoms with E-state index in [1.807, 2.05) is 26.8 Å². The molecule has 2 aromatic rings. The molecular weight excluding hydrogens is 236 g/mol. The maximum absolute atomic E-state index is 6.01. The van der Waals surface area contributed by atoms with Gasteiger partial charge in [0.1, 0.15) is 0 Å². The van der Waals surface area contributed by atoms with Crippen LogP contribution < -0.4 is 5.73 Å². The van der Waals surface area contributed by atoms with Crippen molar-refractivity contribution in [2.75, 3.05) is 0 Å². The molecule has 0 aliphatic heterocycles. The summed E-state index contributed by atoms with van der Waals surface area (Å²) in [5.74, 6) is 0.764. The van der Waals surface area contributed by atoms with Gasteiger partial charge in [-0.05, 0) is 32.4 Å². The molecule has 0 spiro atoms. The lowest BCUT2D eigenvalue weighted by Crippen LogP contribution is -2.10. The van der Waals surface area contributed by atoms with Crippen LogP contribution >= 0.6 is 11.6 Å². The molecule has 0 saturated heterocycles. The van der Waals surface area contributed by atoms with Gasteiger partial charge in [-0.15, -0.1) is 0 Å². The van der Waals surface area contributed by atoms with Crippen molar-refractivity contribution in [3.05, 3.63) is 39.8 Å². The van der Waals surface area contributed by atoms with Gasteiger partial charge in [-0.1, -0.05) is 11.6 Å². The molecule has 0 atom stereocenters. The Morgan fingerprint density at radius 1 is 1.35 bits per heavy atom. The van der Waals surface area contributed by atoms with Gasteiger partial charge in [0.05, 0.1) is 16.9 Å². The summed E-state index contributed by atoms with van der Waals surface area (Å²) in [5.41, 5.74) is 9.62. The van der Waals surface area contributed by atoms with Crippen molar-refractivity contribution in [3.63, 3.8) is 0 Å². The first kappa shape index (κ1) is 12.1.